The molecule has 0 bridgehead atoms. The van der Waals surface area contributed by atoms with E-state index in [0.29, 0.717) is 11.4 Å². The molecule has 1 heterocycles. The van der Waals surface area contributed by atoms with Crippen LogP contribution in [-0.4, -0.2) is 4.57 Å². The van der Waals surface area contributed by atoms with E-state index in [4.69, 9.17) is 6.57 Å². The minimum absolute atomic E-state index is 0.178. The van der Waals surface area contributed by atoms with Gasteiger partial charge in [0.05, 0.1) is 12.1 Å². The third kappa shape index (κ3) is 3.08. The molecule has 1 aromatic carbocycles. The highest BCUT2D eigenvalue weighted by Gasteiger charge is 2.36. The number of aromatic nitrogens is 1. The van der Waals surface area contributed by atoms with Crippen molar-refractivity contribution in [2.24, 2.45) is 5.92 Å². The van der Waals surface area contributed by atoms with Crippen LogP contribution >= 0.6 is 0 Å². The van der Waals surface area contributed by atoms with E-state index in [1.165, 1.54) is 6.07 Å². The second kappa shape index (κ2) is 5.92. The number of hydrogen-bond acceptors (Lipinski definition) is 0. The summed E-state index contributed by atoms with van der Waals surface area (Å²) in [5, 5.41) is 0.178. The Hall–Kier alpha value is -1.96. The zero-order valence-electron chi connectivity index (χ0n) is 13.1. The fourth-order valence-corrected chi connectivity index (χ4v) is 3.11. The number of hydrogen-bond donors (Lipinski definition) is 0. The van der Waals surface area contributed by atoms with Crippen LogP contribution in [0.1, 0.15) is 43.9 Å². The molecule has 1 fully saturated rings. The summed E-state index contributed by atoms with van der Waals surface area (Å²) in [7, 11) is 0. The van der Waals surface area contributed by atoms with Crippen LogP contribution in [0.5, 0.6) is 0 Å². The van der Waals surface area contributed by atoms with E-state index in [1.807, 2.05) is 4.57 Å². The largest absolute Gasteiger partial charge is 0.408 e. The normalized spacial score (nSPS) is 15.1. The fourth-order valence-electron chi connectivity index (χ4n) is 3.11. The van der Waals surface area contributed by atoms with Gasteiger partial charge < -0.3 is 4.57 Å². The van der Waals surface area contributed by atoms with E-state index in [-0.39, 0.29) is 11.1 Å². The molecule has 0 spiro atoms. The molecule has 1 aromatic heterocycles. The Morgan fingerprint density at radius 1 is 1.30 bits per heavy atom. The zero-order valence-corrected chi connectivity index (χ0v) is 13.1. The Morgan fingerprint density at radius 2 is 2.04 bits per heavy atom. The van der Waals surface area contributed by atoms with Crippen molar-refractivity contribution in [3.8, 4) is 0 Å². The Bertz CT molecular complexity index is 761. The first kappa shape index (κ1) is 15.9. The van der Waals surface area contributed by atoms with Gasteiger partial charge in [-0.25, -0.2) is 4.85 Å². The van der Waals surface area contributed by atoms with Crippen LogP contribution in [0.3, 0.4) is 0 Å². The summed E-state index contributed by atoms with van der Waals surface area (Å²) in [5.41, 5.74) is 0.483. The number of fused-ring (bicyclic) bond motifs is 1. The maximum absolute atomic E-state index is 13.5. The van der Waals surface area contributed by atoms with Crippen molar-refractivity contribution in [2.75, 3.05) is 0 Å². The molecule has 23 heavy (non-hydrogen) atoms. The van der Waals surface area contributed by atoms with Gasteiger partial charge in [0.1, 0.15) is 0 Å². The van der Waals surface area contributed by atoms with Gasteiger partial charge in [-0.15, -0.1) is 0 Å². The third-order valence-corrected chi connectivity index (χ3v) is 4.48. The molecule has 0 amide bonds. The topological polar surface area (TPSA) is 9.29 Å². The molecule has 3 rings (SSSR count). The molecular formula is C18H19F3N2. The molecule has 5 heteroatoms. The average Bonchev–Trinajstić information content (AvgIpc) is 3.25. The lowest BCUT2D eigenvalue weighted by Gasteiger charge is -2.12. The third-order valence-electron chi connectivity index (χ3n) is 4.48. The number of nitrogens with zero attached hydrogens (tertiary/aromatic N) is 2. The first-order valence-electron chi connectivity index (χ1n) is 8.05. The lowest BCUT2D eigenvalue weighted by Crippen LogP contribution is -2.07. The number of halogens is 3. The number of aryl methyl sites for hydroxylation is 1. The van der Waals surface area contributed by atoms with E-state index in [9.17, 15) is 13.2 Å². The number of rotatable bonds is 5. The molecule has 1 aliphatic carbocycles. The maximum atomic E-state index is 13.5. The minimum atomic E-state index is -4.51. The second-order valence-electron chi connectivity index (χ2n) is 6.30. The molecule has 0 aliphatic heterocycles. The van der Waals surface area contributed by atoms with E-state index in [1.54, 1.807) is 12.1 Å². The summed E-state index contributed by atoms with van der Waals surface area (Å²) < 4.78 is 42.5. The van der Waals surface area contributed by atoms with Crippen LogP contribution in [0.4, 0.5) is 18.9 Å². The molecule has 2 nitrogen and oxygen atoms in total. The molecule has 0 unspecified atom stereocenters. The molecule has 1 aliphatic rings. The molecule has 0 atom stereocenters. The van der Waals surface area contributed by atoms with Crippen molar-refractivity contribution >= 4 is 16.6 Å². The standard InChI is InChI=1S/C18H19F3N2/c1-3-4-5-13-10-14-16(23(13)11-12-6-7-12)9-8-15(22-2)17(14)18(19,20)21/h8-10,12H,3-7,11H2,1H3. The van der Waals surface area contributed by atoms with Crippen molar-refractivity contribution in [3.63, 3.8) is 0 Å². The Morgan fingerprint density at radius 3 is 2.61 bits per heavy atom. The summed E-state index contributed by atoms with van der Waals surface area (Å²) in [6.45, 7) is 9.92. The van der Waals surface area contributed by atoms with Crippen molar-refractivity contribution < 1.29 is 13.2 Å². The van der Waals surface area contributed by atoms with E-state index >= 15 is 0 Å². The first-order chi connectivity index (χ1) is 11.0. The summed E-state index contributed by atoms with van der Waals surface area (Å²) >= 11 is 0. The van der Waals surface area contributed by atoms with Gasteiger partial charge in [-0.2, -0.15) is 13.2 Å². The minimum Gasteiger partial charge on any atom is -0.344 e. The van der Waals surface area contributed by atoms with Crippen molar-refractivity contribution in [1.82, 2.24) is 4.57 Å². The average molecular weight is 320 g/mol. The lowest BCUT2D eigenvalue weighted by molar-refractivity contribution is -0.135. The highest BCUT2D eigenvalue weighted by atomic mass is 19.4. The first-order valence-corrected chi connectivity index (χ1v) is 8.05. The van der Waals surface area contributed by atoms with Gasteiger partial charge in [0.25, 0.3) is 0 Å². The van der Waals surface area contributed by atoms with Crippen molar-refractivity contribution in [2.45, 2.75) is 51.7 Å². The monoisotopic (exact) mass is 320 g/mol. The van der Waals surface area contributed by atoms with Gasteiger partial charge in [-0.3, -0.25) is 0 Å². The number of unbranched alkanes of at least 4 members (excludes halogenated alkanes) is 1. The van der Waals surface area contributed by atoms with Crippen LogP contribution < -0.4 is 0 Å². The molecule has 1 saturated carbocycles. The summed E-state index contributed by atoms with van der Waals surface area (Å²) in [6, 6.07) is 4.64. The SMILES string of the molecule is [C-]#[N+]c1ccc2c(cc(CCCC)n2CC2CC2)c1C(F)(F)F. The van der Waals surface area contributed by atoms with Crippen molar-refractivity contribution in [3.05, 3.63) is 40.9 Å². The highest BCUT2D eigenvalue weighted by molar-refractivity contribution is 5.90. The zero-order chi connectivity index (χ0) is 16.6. The summed E-state index contributed by atoms with van der Waals surface area (Å²) in [5.74, 6) is 0.584. The van der Waals surface area contributed by atoms with E-state index in [2.05, 4.69) is 11.8 Å². The molecular weight excluding hydrogens is 301 g/mol. The summed E-state index contributed by atoms with van der Waals surface area (Å²) in [4.78, 5) is 3.08. The molecule has 2 aromatic rings. The lowest BCUT2D eigenvalue weighted by atomic mass is 10.1. The van der Waals surface area contributed by atoms with E-state index in [0.717, 1.165) is 44.3 Å². The predicted molar refractivity (Wildman–Crippen MR) is 84.5 cm³/mol. The van der Waals surface area contributed by atoms with Gasteiger partial charge in [0.15, 0.2) is 5.69 Å². The van der Waals surface area contributed by atoms with Crippen LogP contribution in [0.2, 0.25) is 0 Å². The highest BCUT2D eigenvalue weighted by Crippen LogP contribution is 2.43. The van der Waals surface area contributed by atoms with Gasteiger partial charge >= 0.3 is 6.18 Å². The van der Waals surface area contributed by atoms with Gasteiger partial charge in [-0.1, -0.05) is 19.4 Å². The number of alkyl halides is 3. The molecule has 0 radical (unpaired) electrons. The van der Waals surface area contributed by atoms with Gasteiger partial charge in [0.2, 0.25) is 0 Å². The Labute approximate surface area is 133 Å². The smallest absolute Gasteiger partial charge is 0.344 e. The van der Waals surface area contributed by atoms with Crippen LogP contribution in [0.15, 0.2) is 18.2 Å². The maximum Gasteiger partial charge on any atom is 0.408 e. The van der Waals surface area contributed by atoms with Crippen LogP contribution in [0, 0.1) is 12.5 Å². The molecule has 122 valence electrons. The molecule has 0 saturated heterocycles. The van der Waals surface area contributed by atoms with Gasteiger partial charge in [-0.05, 0) is 43.7 Å². The van der Waals surface area contributed by atoms with Crippen molar-refractivity contribution in [1.29, 1.82) is 0 Å². The summed E-state index contributed by atoms with van der Waals surface area (Å²) in [6.07, 6.45) is 0.538. The van der Waals surface area contributed by atoms with Crippen LogP contribution in [-0.2, 0) is 19.1 Å². The number of benzene rings is 1. The second-order valence-corrected chi connectivity index (χ2v) is 6.30. The predicted octanol–water partition coefficient (Wildman–Crippen LogP) is 5.96. The van der Waals surface area contributed by atoms with E-state index < -0.39 is 11.7 Å². The van der Waals surface area contributed by atoms with Gasteiger partial charge in [0, 0.05) is 23.1 Å². The quantitative estimate of drug-likeness (QED) is 0.601. The Kier molecular flexibility index (Phi) is 4.09. The Balaban J connectivity index is 2.20. The van der Waals surface area contributed by atoms with Crippen LogP contribution in [0.25, 0.3) is 15.7 Å². The fraction of sp³-hybridized carbons (Fsp3) is 0.500. The molecule has 0 N–H and O–H groups in total.